The van der Waals surface area contributed by atoms with Crippen molar-refractivity contribution in [2.45, 2.75) is 25.3 Å². The third kappa shape index (κ3) is 3.27. The molecule has 0 fully saturated rings. The zero-order valence-electron chi connectivity index (χ0n) is 8.24. The Bertz CT molecular complexity index is 251. The summed E-state index contributed by atoms with van der Waals surface area (Å²) < 4.78 is 0. The van der Waals surface area contributed by atoms with E-state index in [9.17, 15) is 0 Å². The van der Waals surface area contributed by atoms with E-state index in [1.54, 1.807) is 0 Å². The monoisotopic (exact) mass is 189 g/mol. The second kappa shape index (κ2) is 5.87. The standard InChI is InChI=1S/C12H17Si/c1-3-8-12(13-4-2)11-9-6-5-7-10-11/h4-7,9-10,12-13H,2-3,8H2,1H3. The molecule has 1 radical (unpaired) electrons. The normalized spacial score (nSPS) is 13.4. The summed E-state index contributed by atoms with van der Waals surface area (Å²) >= 11 is 0. The van der Waals surface area contributed by atoms with Crippen LogP contribution in [-0.2, 0) is 0 Å². The summed E-state index contributed by atoms with van der Waals surface area (Å²) in [4.78, 5) is 0. The number of benzene rings is 1. The third-order valence-corrected chi connectivity index (χ3v) is 3.65. The van der Waals surface area contributed by atoms with Crippen LogP contribution < -0.4 is 0 Å². The SMILES string of the molecule is [CH2]C=[SiH]C(CCC)c1ccccc1. The average molecular weight is 189 g/mol. The summed E-state index contributed by atoms with van der Waals surface area (Å²) in [6, 6.07) is 10.8. The lowest BCUT2D eigenvalue weighted by Crippen LogP contribution is -2.02. The number of rotatable bonds is 4. The van der Waals surface area contributed by atoms with Crippen LogP contribution in [0.5, 0.6) is 0 Å². The highest BCUT2D eigenvalue weighted by molar-refractivity contribution is 6.49. The van der Waals surface area contributed by atoms with Gasteiger partial charge in [-0.05, 0) is 33.6 Å². The summed E-state index contributed by atoms with van der Waals surface area (Å²) in [5.74, 6) is 0. The van der Waals surface area contributed by atoms with Crippen LogP contribution in [-0.4, -0.2) is 14.8 Å². The molecule has 0 amide bonds. The largest absolute Gasteiger partial charge is 0.106 e. The molecular formula is C12H17Si. The molecular weight excluding hydrogens is 172 g/mol. The topological polar surface area (TPSA) is 0 Å². The van der Waals surface area contributed by atoms with Crippen molar-refractivity contribution in [2.75, 3.05) is 0 Å². The van der Waals surface area contributed by atoms with E-state index in [0.29, 0.717) is 9.13 Å². The summed E-state index contributed by atoms with van der Waals surface area (Å²) in [5.41, 5.74) is 4.34. The van der Waals surface area contributed by atoms with Gasteiger partial charge in [-0.15, -0.1) is 5.67 Å². The van der Waals surface area contributed by atoms with Gasteiger partial charge in [-0.1, -0.05) is 43.7 Å². The Morgan fingerprint density at radius 1 is 1.38 bits per heavy atom. The predicted molar refractivity (Wildman–Crippen MR) is 62.7 cm³/mol. The molecule has 69 valence electrons. The molecule has 0 aliphatic heterocycles. The number of hydrogen-bond donors (Lipinski definition) is 0. The van der Waals surface area contributed by atoms with E-state index in [-0.39, 0.29) is 0 Å². The fourth-order valence-electron chi connectivity index (χ4n) is 1.55. The van der Waals surface area contributed by atoms with Crippen LogP contribution in [0.1, 0.15) is 30.9 Å². The van der Waals surface area contributed by atoms with E-state index in [0.717, 1.165) is 5.54 Å². The van der Waals surface area contributed by atoms with Gasteiger partial charge >= 0.3 is 0 Å². The van der Waals surface area contributed by atoms with E-state index in [2.05, 4.69) is 49.9 Å². The van der Waals surface area contributed by atoms with E-state index in [1.807, 2.05) is 0 Å². The van der Waals surface area contributed by atoms with E-state index in [1.165, 1.54) is 18.4 Å². The van der Waals surface area contributed by atoms with Crippen LogP contribution in [0, 0.1) is 6.92 Å². The molecule has 0 heterocycles. The summed E-state index contributed by atoms with van der Waals surface area (Å²) in [6.45, 7) is 6.09. The zero-order valence-corrected chi connectivity index (χ0v) is 9.39. The number of hydrogen-bond acceptors (Lipinski definition) is 0. The van der Waals surface area contributed by atoms with Crippen molar-refractivity contribution in [3.63, 3.8) is 0 Å². The Morgan fingerprint density at radius 3 is 2.62 bits per heavy atom. The van der Waals surface area contributed by atoms with Gasteiger partial charge in [0.2, 0.25) is 0 Å². The highest BCUT2D eigenvalue weighted by Crippen LogP contribution is 2.17. The Hall–Kier alpha value is -0.693. The Morgan fingerprint density at radius 2 is 2.08 bits per heavy atom. The van der Waals surface area contributed by atoms with Crippen molar-refractivity contribution < 1.29 is 0 Å². The fraction of sp³-hybridized carbons (Fsp3) is 0.333. The van der Waals surface area contributed by atoms with Gasteiger partial charge in [-0.2, -0.15) is 0 Å². The molecule has 0 bridgehead atoms. The van der Waals surface area contributed by atoms with Crippen molar-refractivity contribution in [1.82, 2.24) is 0 Å². The molecule has 0 spiro atoms. The fourth-order valence-corrected chi connectivity index (χ4v) is 2.85. The highest BCUT2D eigenvalue weighted by atomic mass is 28.2. The molecule has 13 heavy (non-hydrogen) atoms. The van der Waals surface area contributed by atoms with Crippen molar-refractivity contribution in [3.05, 3.63) is 42.8 Å². The molecule has 1 atom stereocenters. The molecule has 1 aromatic rings. The molecule has 0 aliphatic rings. The molecule has 1 aromatic carbocycles. The first-order valence-corrected chi connectivity index (χ1v) is 6.22. The van der Waals surface area contributed by atoms with Crippen LogP contribution in [0.4, 0.5) is 0 Å². The lowest BCUT2D eigenvalue weighted by Gasteiger charge is -2.10. The van der Waals surface area contributed by atoms with Gasteiger partial charge in [-0.3, -0.25) is 0 Å². The van der Waals surface area contributed by atoms with Gasteiger partial charge in [0, 0.05) is 0 Å². The van der Waals surface area contributed by atoms with E-state index in [4.69, 9.17) is 0 Å². The Kier molecular flexibility index (Phi) is 4.69. The molecule has 0 N–H and O–H groups in total. The minimum Gasteiger partial charge on any atom is -0.106 e. The molecule has 0 nitrogen and oxygen atoms in total. The Labute approximate surface area is 83.4 Å². The van der Waals surface area contributed by atoms with E-state index >= 15 is 0 Å². The smallest absolute Gasteiger partial charge is 0.00395 e. The van der Waals surface area contributed by atoms with Crippen LogP contribution in [0.15, 0.2) is 30.3 Å². The zero-order chi connectivity index (χ0) is 9.52. The summed E-state index contributed by atoms with van der Waals surface area (Å²) in [5, 5.41) is 0. The van der Waals surface area contributed by atoms with Gasteiger partial charge in [0.25, 0.3) is 0 Å². The molecule has 0 saturated heterocycles. The van der Waals surface area contributed by atoms with Crippen LogP contribution in [0.3, 0.4) is 0 Å². The van der Waals surface area contributed by atoms with Crippen molar-refractivity contribution in [3.8, 4) is 0 Å². The molecule has 1 heteroatoms. The maximum Gasteiger partial charge on any atom is -0.00395 e. The average Bonchev–Trinajstić information content (AvgIpc) is 2.19. The second-order valence-corrected chi connectivity index (χ2v) is 4.90. The second-order valence-electron chi connectivity index (χ2n) is 3.23. The van der Waals surface area contributed by atoms with Gasteiger partial charge in [-0.25, -0.2) is 0 Å². The minimum atomic E-state index is 0.372. The first-order valence-electron chi connectivity index (χ1n) is 4.89. The van der Waals surface area contributed by atoms with Gasteiger partial charge in [0.1, 0.15) is 0 Å². The van der Waals surface area contributed by atoms with Crippen molar-refractivity contribution >= 4 is 14.8 Å². The molecule has 0 aliphatic carbocycles. The highest BCUT2D eigenvalue weighted by Gasteiger charge is 2.04. The molecule has 0 saturated carbocycles. The lowest BCUT2D eigenvalue weighted by atomic mass is 10.1. The van der Waals surface area contributed by atoms with Gasteiger partial charge < -0.3 is 0 Å². The Balaban J connectivity index is 2.76. The van der Waals surface area contributed by atoms with E-state index < -0.39 is 0 Å². The molecule has 1 rings (SSSR count). The maximum absolute atomic E-state index is 3.85. The first-order chi connectivity index (χ1) is 6.38. The molecule has 0 aromatic heterocycles. The van der Waals surface area contributed by atoms with Crippen LogP contribution >= 0.6 is 0 Å². The quantitative estimate of drug-likeness (QED) is 0.639. The minimum absolute atomic E-state index is 0.372. The van der Waals surface area contributed by atoms with Crippen molar-refractivity contribution in [1.29, 1.82) is 0 Å². The first kappa shape index (κ1) is 10.4. The van der Waals surface area contributed by atoms with Gasteiger partial charge in [0.05, 0.1) is 0 Å². The summed E-state index contributed by atoms with van der Waals surface area (Å²) in [6.07, 6.45) is 2.56. The summed E-state index contributed by atoms with van der Waals surface area (Å²) in [7, 11) is 0.372. The van der Waals surface area contributed by atoms with Crippen LogP contribution in [0.25, 0.3) is 0 Å². The van der Waals surface area contributed by atoms with Crippen molar-refractivity contribution in [2.24, 2.45) is 0 Å². The van der Waals surface area contributed by atoms with Crippen LogP contribution in [0.2, 0.25) is 0 Å². The third-order valence-electron chi connectivity index (χ3n) is 2.20. The lowest BCUT2D eigenvalue weighted by molar-refractivity contribution is 0.768. The molecule has 1 unspecified atom stereocenters. The van der Waals surface area contributed by atoms with Gasteiger partial charge in [0.15, 0.2) is 0 Å². The predicted octanol–water partition coefficient (Wildman–Crippen LogP) is 2.60. The maximum atomic E-state index is 3.85.